The van der Waals surface area contributed by atoms with Crippen LogP contribution in [0.5, 0.6) is 0 Å². The second-order valence-electron chi connectivity index (χ2n) is 4.59. The van der Waals surface area contributed by atoms with Crippen LogP contribution in [0.1, 0.15) is 25.7 Å². The van der Waals surface area contributed by atoms with Crippen LogP contribution >= 0.6 is 0 Å². The molecule has 6 heteroatoms. The summed E-state index contributed by atoms with van der Waals surface area (Å²) in [6.07, 6.45) is 5.55. The third kappa shape index (κ3) is 2.49. The summed E-state index contributed by atoms with van der Waals surface area (Å²) in [6.45, 7) is 0. The Morgan fingerprint density at radius 1 is 1.33 bits per heavy atom. The van der Waals surface area contributed by atoms with E-state index in [4.69, 9.17) is 0 Å². The maximum absolute atomic E-state index is 12.4. The van der Waals surface area contributed by atoms with Gasteiger partial charge in [-0.25, -0.2) is 13.4 Å². The number of aromatic nitrogens is 1. The van der Waals surface area contributed by atoms with Crippen molar-refractivity contribution in [2.24, 2.45) is 0 Å². The molecule has 1 aromatic rings. The maximum atomic E-state index is 12.4. The second-order valence-corrected chi connectivity index (χ2v) is 6.59. The molecule has 18 heavy (non-hydrogen) atoms. The molecule has 1 N–H and O–H groups in total. The molecule has 0 spiro atoms. The summed E-state index contributed by atoms with van der Waals surface area (Å²) in [7, 11) is 0.0108. The van der Waals surface area contributed by atoms with Crippen molar-refractivity contribution in [2.75, 3.05) is 19.4 Å². The van der Waals surface area contributed by atoms with E-state index >= 15 is 0 Å². The van der Waals surface area contributed by atoms with Crippen LogP contribution in [0.3, 0.4) is 0 Å². The van der Waals surface area contributed by atoms with Crippen molar-refractivity contribution < 1.29 is 8.42 Å². The van der Waals surface area contributed by atoms with Crippen LogP contribution in [0, 0.1) is 0 Å². The highest BCUT2D eigenvalue weighted by Crippen LogP contribution is 2.27. The molecule has 0 aromatic carbocycles. The molecule has 5 nitrogen and oxygen atoms in total. The molecule has 0 bridgehead atoms. The smallest absolute Gasteiger partial charge is 0.244 e. The van der Waals surface area contributed by atoms with Gasteiger partial charge >= 0.3 is 0 Å². The van der Waals surface area contributed by atoms with Crippen molar-refractivity contribution in [3.63, 3.8) is 0 Å². The van der Waals surface area contributed by atoms with Crippen molar-refractivity contribution >= 4 is 15.8 Å². The van der Waals surface area contributed by atoms with Crippen molar-refractivity contribution in [1.82, 2.24) is 9.29 Å². The van der Waals surface area contributed by atoms with Crippen LogP contribution in [-0.2, 0) is 10.0 Å². The average Bonchev–Trinajstić information content (AvgIpc) is 2.91. The lowest BCUT2D eigenvalue weighted by atomic mass is 10.3. The quantitative estimate of drug-likeness (QED) is 0.903. The van der Waals surface area contributed by atoms with E-state index in [-0.39, 0.29) is 10.9 Å². The predicted octanol–water partition coefficient (Wildman–Crippen LogP) is 1.69. The zero-order valence-corrected chi connectivity index (χ0v) is 11.6. The third-order valence-electron chi connectivity index (χ3n) is 3.51. The normalized spacial score (nSPS) is 17.3. The first kappa shape index (κ1) is 13.3. The summed E-state index contributed by atoms with van der Waals surface area (Å²) < 4.78 is 26.3. The Morgan fingerprint density at radius 2 is 2.00 bits per heavy atom. The van der Waals surface area contributed by atoms with E-state index in [1.807, 2.05) is 0 Å². The summed E-state index contributed by atoms with van der Waals surface area (Å²) in [4.78, 5) is 4.32. The van der Waals surface area contributed by atoms with Gasteiger partial charge in [-0.3, -0.25) is 0 Å². The summed E-state index contributed by atoms with van der Waals surface area (Å²) in [6, 6.07) is 3.41. The molecule has 0 unspecified atom stereocenters. The van der Waals surface area contributed by atoms with Gasteiger partial charge in [0.2, 0.25) is 10.0 Å². The highest BCUT2D eigenvalue weighted by Gasteiger charge is 2.30. The van der Waals surface area contributed by atoms with E-state index in [2.05, 4.69) is 10.3 Å². The highest BCUT2D eigenvalue weighted by atomic mass is 32.2. The van der Waals surface area contributed by atoms with Gasteiger partial charge in [0, 0.05) is 26.3 Å². The van der Waals surface area contributed by atoms with Gasteiger partial charge in [-0.2, -0.15) is 4.31 Å². The van der Waals surface area contributed by atoms with Crippen molar-refractivity contribution in [1.29, 1.82) is 0 Å². The average molecular weight is 269 g/mol. The van der Waals surface area contributed by atoms with Gasteiger partial charge in [0.1, 0.15) is 10.7 Å². The van der Waals surface area contributed by atoms with Crippen molar-refractivity contribution in [3.8, 4) is 0 Å². The van der Waals surface area contributed by atoms with Crippen molar-refractivity contribution in [3.05, 3.63) is 18.3 Å². The molecule has 1 aliphatic rings. The number of nitrogens with one attached hydrogen (secondary N) is 1. The molecule has 0 saturated heterocycles. The molecule has 1 saturated carbocycles. The summed E-state index contributed by atoms with van der Waals surface area (Å²) in [5.74, 6) is 0.664. The molecule has 1 aliphatic carbocycles. The lowest BCUT2D eigenvalue weighted by Crippen LogP contribution is -2.35. The first-order chi connectivity index (χ1) is 8.55. The number of sulfonamides is 1. The molecule has 0 amide bonds. The number of hydrogen-bond acceptors (Lipinski definition) is 4. The third-order valence-corrected chi connectivity index (χ3v) is 5.40. The first-order valence-corrected chi connectivity index (χ1v) is 7.61. The summed E-state index contributed by atoms with van der Waals surface area (Å²) >= 11 is 0. The van der Waals surface area contributed by atoms with E-state index in [9.17, 15) is 8.42 Å². The van der Waals surface area contributed by atoms with E-state index in [0.717, 1.165) is 25.7 Å². The Balaban J connectivity index is 2.23. The van der Waals surface area contributed by atoms with Crippen LogP contribution in [0.2, 0.25) is 0 Å². The Morgan fingerprint density at radius 3 is 2.50 bits per heavy atom. The van der Waals surface area contributed by atoms with E-state index in [1.165, 1.54) is 10.5 Å². The molecular weight excluding hydrogens is 250 g/mol. The molecule has 2 rings (SSSR count). The van der Waals surface area contributed by atoms with Gasteiger partial charge in [-0.1, -0.05) is 12.8 Å². The van der Waals surface area contributed by atoms with Gasteiger partial charge in [-0.15, -0.1) is 0 Å². The van der Waals surface area contributed by atoms with E-state index < -0.39 is 10.0 Å². The van der Waals surface area contributed by atoms with Crippen LogP contribution < -0.4 is 5.32 Å². The van der Waals surface area contributed by atoms with E-state index in [1.54, 1.807) is 26.2 Å². The second kappa shape index (κ2) is 5.24. The Kier molecular flexibility index (Phi) is 3.87. The predicted molar refractivity (Wildman–Crippen MR) is 71.0 cm³/mol. The SMILES string of the molecule is CNc1ccc(S(=O)(=O)N(C)C2CCCC2)cn1. The van der Waals surface area contributed by atoms with E-state index in [0.29, 0.717) is 5.82 Å². The Bertz CT molecular complexity index is 493. The Hall–Kier alpha value is -1.14. The van der Waals surface area contributed by atoms with Gasteiger partial charge in [0.25, 0.3) is 0 Å². The zero-order chi connectivity index (χ0) is 13.2. The van der Waals surface area contributed by atoms with Gasteiger partial charge in [-0.05, 0) is 25.0 Å². The number of rotatable bonds is 4. The molecule has 1 fully saturated rings. The van der Waals surface area contributed by atoms with Gasteiger partial charge in [0.15, 0.2) is 0 Å². The largest absolute Gasteiger partial charge is 0.373 e. The molecule has 1 heterocycles. The van der Waals surface area contributed by atoms with Crippen LogP contribution in [0.15, 0.2) is 23.2 Å². The molecule has 0 aliphatic heterocycles. The minimum absolute atomic E-state index is 0.138. The summed E-state index contributed by atoms with van der Waals surface area (Å²) in [5.41, 5.74) is 0. The lowest BCUT2D eigenvalue weighted by molar-refractivity contribution is 0.373. The van der Waals surface area contributed by atoms with Crippen LogP contribution in [-0.4, -0.2) is 37.8 Å². The zero-order valence-electron chi connectivity index (χ0n) is 10.8. The summed E-state index contributed by atoms with van der Waals surface area (Å²) in [5, 5.41) is 2.87. The maximum Gasteiger partial charge on any atom is 0.244 e. The fraction of sp³-hybridized carbons (Fsp3) is 0.583. The highest BCUT2D eigenvalue weighted by molar-refractivity contribution is 7.89. The fourth-order valence-electron chi connectivity index (χ4n) is 2.31. The lowest BCUT2D eigenvalue weighted by Gasteiger charge is -2.23. The number of anilines is 1. The molecule has 0 atom stereocenters. The standard InChI is InChI=1S/C12H19N3O2S/c1-13-12-8-7-11(9-14-12)18(16,17)15(2)10-5-3-4-6-10/h7-10H,3-6H2,1-2H3,(H,13,14). The minimum Gasteiger partial charge on any atom is -0.373 e. The van der Waals surface area contributed by atoms with Crippen LogP contribution in [0.4, 0.5) is 5.82 Å². The molecule has 0 radical (unpaired) electrons. The molecule has 1 aromatic heterocycles. The van der Waals surface area contributed by atoms with Gasteiger partial charge in [0.05, 0.1) is 0 Å². The van der Waals surface area contributed by atoms with Gasteiger partial charge < -0.3 is 5.32 Å². The van der Waals surface area contributed by atoms with Crippen LogP contribution in [0.25, 0.3) is 0 Å². The van der Waals surface area contributed by atoms with Crippen molar-refractivity contribution in [2.45, 2.75) is 36.6 Å². The minimum atomic E-state index is -3.40. The Labute approximate surface area is 108 Å². The fourth-order valence-corrected chi connectivity index (χ4v) is 3.67. The molecule has 100 valence electrons. The monoisotopic (exact) mass is 269 g/mol. The first-order valence-electron chi connectivity index (χ1n) is 6.17. The number of pyridine rings is 1. The topological polar surface area (TPSA) is 62.3 Å². The number of nitrogens with zero attached hydrogens (tertiary/aromatic N) is 2. The number of hydrogen-bond donors (Lipinski definition) is 1. The molecular formula is C12H19N3O2S.